The highest BCUT2D eigenvalue weighted by atomic mass is 19.1. The van der Waals surface area contributed by atoms with Crippen LogP contribution in [0.1, 0.15) is 37.2 Å². The Labute approximate surface area is 133 Å². The van der Waals surface area contributed by atoms with Crippen LogP contribution in [0.25, 0.3) is 0 Å². The number of benzene rings is 1. The molecule has 0 saturated carbocycles. The lowest BCUT2D eigenvalue weighted by Gasteiger charge is -2.28. The summed E-state index contributed by atoms with van der Waals surface area (Å²) in [6, 6.07) is 4.32. The lowest BCUT2D eigenvalue weighted by Crippen LogP contribution is -2.48. The van der Waals surface area contributed by atoms with Gasteiger partial charge >= 0.3 is 0 Å². The van der Waals surface area contributed by atoms with Gasteiger partial charge in [0.05, 0.1) is 5.69 Å². The summed E-state index contributed by atoms with van der Waals surface area (Å²) >= 11 is 0. The number of hydrogen-bond donors (Lipinski definition) is 3. The average Bonchev–Trinajstić information content (AvgIpc) is 2.58. The molecule has 2 amide bonds. The van der Waals surface area contributed by atoms with Crippen molar-refractivity contribution in [1.29, 1.82) is 0 Å². The molecule has 0 aromatic heterocycles. The number of carbonyl (C=O) groups is 2. The molecule has 0 bridgehead atoms. The molecule has 2 saturated heterocycles. The first kappa shape index (κ1) is 15.9. The number of piperidine rings is 2. The smallest absolute Gasteiger partial charge is 0.275 e. The van der Waals surface area contributed by atoms with Crippen molar-refractivity contribution in [1.82, 2.24) is 10.4 Å². The number of nitrogens with one attached hydrogen (secondary N) is 2. The van der Waals surface area contributed by atoms with Gasteiger partial charge in [0.2, 0.25) is 0 Å². The molecular formula is C16H20FN3O3. The molecular weight excluding hydrogens is 301 g/mol. The van der Waals surface area contributed by atoms with Crippen molar-refractivity contribution < 1.29 is 19.2 Å². The van der Waals surface area contributed by atoms with Gasteiger partial charge in [-0.3, -0.25) is 14.8 Å². The van der Waals surface area contributed by atoms with Gasteiger partial charge in [0.25, 0.3) is 11.8 Å². The second-order valence-corrected chi connectivity index (χ2v) is 6.01. The van der Waals surface area contributed by atoms with Crippen LogP contribution in [0.3, 0.4) is 0 Å². The highest BCUT2D eigenvalue weighted by Crippen LogP contribution is 2.31. The Bertz CT molecular complexity index is 617. The van der Waals surface area contributed by atoms with E-state index in [0.29, 0.717) is 5.56 Å². The fraction of sp³-hybridized carbons (Fsp3) is 0.500. The second kappa shape index (κ2) is 6.64. The molecule has 7 heteroatoms. The number of anilines is 1. The summed E-state index contributed by atoms with van der Waals surface area (Å²) in [6.45, 7) is 1.73. The predicted molar refractivity (Wildman–Crippen MR) is 81.5 cm³/mol. The van der Waals surface area contributed by atoms with E-state index >= 15 is 0 Å². The zero-order chi connectivity index (χ0) is 16.4. The molecule has 1 aromatic carbocycles. The van der Waals surface area contributed by atoms with Gasteiger partial charge in [-0.1, -0.05) is 12.1 Å². The van der Waals surface area contributed by atoms with E-state index in [0.717, 1.165) is 25.9 Å². The topological polar surface area (TPSA) is 81.7 Å². The van der Waals surface area contributed by atoms with E-state index in [-0.39, 0.29) is 35.3 Å². The van der Waals surface area contributed by atoms with Crippen LogP contribution in [0, 0.1) is 5.82 Å². The van der Waals surface area contributed by atoms with Gasteiger partial charge in [0.15, 0.2) is 0 Å². The monoisotopic (exact) mass is 321 g/mol. The van der Waals surface area contributed by atoms with Gasteiger partial charge in [0.1, 0.15) is 11.9 Å². The minimum Gasteiger partial charge on any atom is -0.371 e. The number of nitrogens with zero attached hydrogens (tertiary/aromatic N) is 1. The van der Waals surface area contributed by atoms with Gasteiger partial charge < -0.3 is 10.6 Å². The number of amides is 2. The normalized spacial score (nSPS) is 23.2. The van der Waals surface area contributed by atoms with Gasteiger partial charge in [-0.15, -0.1) is 0 Å². The summed E-state index contributed by atoms with van der Waals surface area (Å²) < 4.78 is 14.8. The Kier molecular flexibility index (Phi) is 4.58. The Morgan fingerprint density at radius 1 is 1.22 bits per heavy atom. The summed E-state index contributed by atoms with van der Waals surface area (Å²) in [6.07, 6.45) is 2.05. The second-order valence-electron chi connectivity index (χ2n) is 6.01. The van der Waals surface area contributed by atoms with Gasteiger partial charge in [-0.2, -0.15) is 5.06 Å². The molecule has 0 radical (unpaired) electrons. The van der Waals surface area contributed by atoms with Crippen molar-refractivity contribution >= 4 is 17.5 Å². The Morgan fingerprint density at radius 3 is 2.70 bits per heavy atom. The molecule has 6 nitrogen and oxygen atoms in total. The average molecular weight is 321 g/mol. The van der Waals surface area contributed by atoms with Crippen LogP contribution >= 0.6 is 0 Å². The third-order valence-corrected chi connectivity index (χ3v) is 4.53. The summed E-state index contributed by atoms with van der Waals surface area (Å²) in [4.78, 5) is 23.2. The Morgan fingerprint density at radius 2 is 1.96 bits per heavy atom. The molecule has 2 aliphatic rings. The number of hydrogen-bond acceptors (Lipinski definition) is 5. The number of rotatable bonds is 3. The van der Waals surface area contributed by atoms with Crippen molar-refractivity contribution in [3.05, 3.63) is 29.6 Å². The molecule has 0 spiro atoms. The van der Waals surface area contributed by atoms with Crippen LogP contribution in [-0.2, 0) is 9.59 Å². The third kappa shape index (κ3) is 3.20. The van der Waals surface area contributed by atoms with Crippen LogP contribution in [0.2, 0.25) is 0 Å². The van der Waals surface area contributed by atoms with Gasteiger partial charge in [0, 0.05) is 6.42 Å². The number of hydroxylamine groups is 2. The van der Waals surface area contributed by atoms with E-state index in [1.165, 1.54) is 0 Å². The highest BCUT2D eigenvalue weighted by Gasteiger charge is 2.34. The third-order valence-electron chi connectivity index (χ3n) is 4.53. The van der Waals surface area contributed by atoms with E-state index in [2.05, 4.69) is 10.6 Å². The maximum atomic E-state index is 14.8. The Balaban J connectivity index is 1.78. The molecule has 3 N–H and O–H groups in total. The van der Waals surface area contributed by atoms with E-state index in [4.69, 9.17) is 0 Å². The minimum absolute atomic E-state index is 0.0511. The largest absolute Gasteiger partial charge is 0.371 e. The SMILES string of the molecule is O=C1CCC(Nc2cccc(C3CCNCC3)c2F)C(=O)N1O. The van der Waals surface area contributed by atoms with Crippen LogP contribution in [0.15, 0.2) is 18.2 Å². The minimum atomic E-state index is -0.796. The molecule has 3 rings (SSSR count). The first-order valence-electron chi connectivity index (χ1n) is 7.89. The maximum Gasteiger partial charge on any atom is 0.275 e. The fourth-order valence-electron chi connectivity index (χ4n) is 3.20. The van der Waals surface area contributed by atoms with Crippen LogP contribution in [-0.4, -0.2) is 41.2 Å². The Hall–Kier alpha value is -1.99. The molecule has 23 heavy (non-hydrogen) atoms. The van der Waals surface area contributed by atoms with Crippen molar-refractivity contribution in [3.63, 3.8) is 0 Å². The molecule has 2 aliphatic heterocycles. The fourth-order valence-corrected chi connectivity index (χ4v) is 3.20. The standard InChI is InChI=1S/C16H20FN3O3/c17-15-11(10-6-8-18-9-7-10)2-1-3-12(15)19-13-4-5-14(21)20(23)16(13)22/h1-3,10,13,18-19,23H,4-9H2. The predicted octanol–water partition coefficient (Wildman–Crippen LogP) is 1.61. The highest BCUT2D eigenvalue weighted by molar-refractivity contribution is 6.00. The lowest BCUT2D eigenvalue weighted by molar-refractivity contribution is -0.183. The van der Waals surface area contributed by atoms with Crippen LogP contribution in [0.5, 0.6) is 0 Å². The van der Waals surface area contributed by atoms with Crippen molar-refractivity contribution in [2.45, 2.75) is 37.6 Å². The van der Waals surface area contributed by atoms with Crippen LogP contribution in [0.4, 0.5) is 10.1 Å². The molecule has 2 heterocycles. The van der Waals surface area contributed by atoms with Crippen molar-refractivity contribution in [2.24, 2.45) is 0 Å². The summed E-state index contributed by atoms with van der Waals surface area (Å²) in [7, 11) is 0. The summed E-state index contributed by atoms with van der Waals surface area (Å²) in [5, 5.41) is 15.6. The van der Waals surface area contributed by atoms with E-state index < -0.39 is 17.9 Å². The van der Waals surface area contributed by atoms with E-state index in [1.54, 1.807) is 18.2 Å². The van der Waals surface area contributed by atoms with Gasteiger partial charge in [-0.05, 0) is 49.9 Å². The number of halogens is 1. The lowest BCUT2D eigenvalue weighted by atomic mass is 9.89. The molecule has 124 valence electrons. The zero-order valence-corrected chi connectivity index (χ0v) is 12.7. The summed E-state index contributed by atoms with van der Waals surface area (Å²) in [5.41, 5.74) is 0.888. The first-order valence-corrected chi connectivity index (χ1v) is 7.89. The van der Waals surface area contributed by atoms with E-state index in [1.807, 2.05) is 0 Å². The molecule has 0 aliphatic carbocycles. The number of imide groups is 1. The van der Waals surface area contributed by atoms with Crippen molar-refractivity contribution in [3.8, 4) is 0 Å². The molecule has 2 fully saturated rings. The van der Waals surface area contributed by atoms with Crippen LogP contribution < -0.4 is 10.6 Å². The van der Waals surface area contributed by atoms with Gasteiger partial charge in [-0.25, -0.2) is 4.39 Å². The zero-order valence-electron chi connectivity index (χ0n) is 12.7. The molecule has 1 unspecified atom stereocenters. The first-order chi connectivity index (χ1) is 11.1. The van der Waals surface area contributed by atoms with E-state index in [9.17, 15) is 19.2 Å². The summed E-state index contributed by atoms with van der Waals surface area (Å²) in [5.74, 6) is -1.56. The molecule has 1 atom stereocenters. The maximum absolute atomic E-state index is 14.8. The molecule has 1 aromatic rings. The quantitative estimate of drug-likeness (QED) is 0.582. The van der Waals surface area contributed by atoms with Crippen molar-refractivity contribution in [2.75, 3.05) is 18.4 Å². The number of carbonyl (C=O) groups excluding carboxylic acids is 2.